The number of hydrogen-bond acceptors (Lipinski definition) is 4. The van der Waals surface area contributed by atoms with Crippen molar-refractivity contribution in [3.05, 3.63) is 23.8 Å². The molecule has 0 saturated heterocycles. The zero-order valence-corrected chi connectivity index (χ0v) is 13.7. The van der Waals surface area contributed by atoms with Crippen LogP contribution < -0.4 is 14.8 Å². The topological polar surface area (TPSA) is 67.4 Å². The fourth-order valence-corrected chi connectivity index (χ4v) is 3.26. The Morgan fingerprint density at radius 3 is 2.62 bits per heavy atom. The fraction of sp³-hybridized carbons (Fsp3) is 0.600. The molecule has 1 aromatic carbocycles. The zero-order chi connectivity index (χ0) is 15.5. The predicted octanol–water partition coefficient (Wildman–Crippen LogP) is 1.88. The summed E-state index contributed by atoms with van der Waals surface area (Å²) >= 11 is 0. The Balaban J connectivity index is 2.14. The lowest BCUT2D eigenvalue weighted by atomic mass is 10.2. The first-order valence-electron chi connectivity index (χ1n) is 7.32. The first kappa shape index (κ1) is 16.3. The van der Waals surface area contributed by atoms with E-state index in [1.54, 1.807) is 12.1 Å². The van der Waals surface area contributed by atoms with E-state index in [1.165, 1.54) is 7.11 Å². The molecule has 5 nitrogen and oxygen atoms in total. The minimum Gasteiger partial charge on any atom is -0.495 e. The van der Waals surface area contributed by atoms with Gasteiger partial charge in [0.2, 0.25) is 10.0 Å². The second kappa shape index (κ2) is 6.77. The highest BCUT2D eigenvalue weighted by Crippen LogP contribution is 2.29. The van der Waals surface area contributed by atoms with Crippen molar-refractivity contribution in [2.24, 2.45) is 5.92 Å². The molecule has 6 heteroatoms. The molecule has 1 saturated carbocycles. The highest BCUT2D eigenvalue weighted by molar-refractivity contribution is 7.89. The van der Waals surface area contributed by atoms with Crippen LogP contribution in [0.25, 0.3) is 0 Å². The molecule has 1 aliphatic rings. The van der Waals surface area contributed by atoms with E-state index in [1.807, 2.05) is 6.07 Å². The summed E-state index contributed by atoms with van der Waals surface area (Å²) in [6.07, 6.45) is 2.22. The molecule has 2 rings (SSSR count). The molecule has 0 atom stereocenters. The summed E-state index contributed by atoms with van der Waals surface area (Å²) in [7, 11) is -2.01. The molecule has 1 fully saturated rings. The van der Waals surface area contributed by atoms with Crippen molar-refractivity contribution in [3.8, 4) is 5.75 Å². The largest absolute Gasteiger partial charge is 0.495 e. The fourth-order valence-electron chi connectivity index (χ4n) is 1.99. The highest BCUT2D eigenvalue weighted by Gasteiger charge is 2.26. The van der Waals surface area contributed by atoms with E-state index in [9.17, 15) is 8.42 Å². The van der Waals surface area contributed by atoms with Gasteiger partial charge < -0.3 is 10.1 Å². The Bertz CT molecular complexity index is 581. The van der Waals surface area contributed by atoms with Crippen LogP contribution in [-0.4, -0.2) is 28.1 Å². The number of hydrogen-bond donors (Lipinski definition) is 2. The number of rotatable bonds is 8. The number of benzene rings is 1. The van der Waals surface area contributed by atoms with E-state index >= 15 is 0 Å². The lowest BCUT2D eigenvalue weighted by Gasteiger charge is -2.13. The van der Waals surface area contributed by atoms with Gasteiger partial charge in [-0.2, -0.15) is 0 Å². The van der Waals surface area contributed by atoms with Gasteiger partial charge in [0.25, 0.3) is 0 Å². The lowest BCUT2D eigenvalue weighted by Crippen LogP contribution is -2.26. The Labute approximate surface area is 127 Å². The molecule has 118 valence electrons. The predicted molar refractivity (Wildman–Crippen MR) is 82.9 cm³/mol. The molecule has 21 heavy (non-hydrogen) atoms. The molecular weight excluding hydrogens is 288 g/mol. The molecular formula is C15H24N2O3S. The third-order valence-electron chi connectivity index (χ3n) is 3.49. The van der Waals surface area contributed by atoms with Crippen molar-refractivity contribution in [3.63, 3.8) is 0 Å². The first-order valence-corrected chi connectivity index (χ1v) is 8.80. The van der Waals surface area contributed by atoms with E-state index in [-0.39, 0.29) is 4.90 Å². The number of nitrogens with one attached hydrogen (secondary N) is 2. The number of ether oxygens (including phenoxy) is 1. The van der Waals surface area contributed by atoms with Crippen molar-refractivity contribution in [2.45, 2.75) is 44.2 Å². The molecule has 0 spiro atoms. The first-order chi connectivity index (χ1) is 9.92. The summed E-state index contributed by atoms with van der Waals surface area (Å²) in [6, 6.07) is 5.59. The van der Waals surface area contributed by atoms with Crippen LogP contribution in [0.1, 0.15) is 32.3 Å². The normalized spacial score (nSPS) is 15.4. The van der Waals surface area contributed by atoms with Gasteiger partial charge in [-0.3, -0.25) is 0 Å². The number of sulfonamides is 1. The van der Waals surface area contributed by atoms with Crippen molar-refractivity contribution in [1.29, 1.82) is 0 Å². The zero-order valence-electron chi connectivity index (χ0n) is 12.8. The summed E-state index contributed by atoms with van der Waals surface area (Å²) in [6.45, 7) is 5.34. The maximum atomic E-state index is 12.3. The van der Waals surface area contributed by atoms with E-state index in [2.05, 4.69) is 23.9 Å². The van der Waals surface area contributed by atoms with Gasteiger partial charge in [-0.15, -0.1) is 0 Å². The molecule has 0 bridgehead atoms. The maximum Gasteiger partial charge on any atom is 0.244 e. The molecule has 2 N–H and O–H groups in total. The monoisotopic (exact) mass is 312 g/mol. The molecule has 0 heterocycles. The Morgan fingerprint density at radius 1 is 1.33 bits per heavy atom. The number of methoxy groups -OCH3 is 1. The average molecular weight is 312 g/mol. The van der Waals surface area contributed by atoms with Crippen LogP contribution in [0.15, 0.2) is 23.1 Å². The third-order valence-corrected chi connectivity index (χ3v) is 4.95. The third kappa shape index (κ3) is 4.69. The second-order valence-corrected chi connectivity index (χ2v) is 7.55. The van der Waals surface area contributed by atoms with Crippen LogP contribution >= 0.6 is 0 Å². The summed E-state index contributed by atoms with van der Waals surface area (Å²) in [5.41, 5.74) is 1.00. The van der Waals surface area contributed by atoms with Crippen molar-refractivity contribution in [1.82, 2.24) is 10.0 Å². The smallest absolute Gasteiger partial charge is 0.244 e. The second-order valence-electron chi connectivity index (χ2n) is 5.82. The summed E-state index contributed by atoms with van der Waals surface area (Å²) in [5, 5.41) is 3.30. The Hall–Kier alpha value is -1.11. The quantitative estimate of drug-likeness (QED) is 0.769. The molecule has 0 aliphatic heterocycles. The Morgan fingerprint density at radius 2 is 2.05 bits per heavy atom. The molecule has 0 amide bonds. The van der Waals surface area contributed by atoms with Crippen LogP contribution in [0.2, 0.25) is 0 Å². The van der Waals surface area contributed by atoms with E-state index in [4.69, 9.17) is 4.74 Å². The van der Waals surface area contributed by atoms with Gasteiger partial charge >= 0.3 is 0 Å². The lowest BCUT2D eigenvalue weighted by molar-refractivity contribution is 0.401. The molecule has 0 radical (unpaired) electrons. The van der Waals surface area contributed by atoms with Crippen LogP contribution in [0, 0.1) is 5.92 Å². The van der Waals surface area contributed by atoms with Gasteiger partial charge in [0.05, 0.1) is 7.11 Å². The van der Waals surface area contributed by atoms with E-state index in [0.29, 0.717) is 30.8 Å². The van der Waals surface area contributed by atoms with Crippen LogP contribution in [0.4, 0.5) is 0 Å². The highest BCUT2D eigenvalue weighted by atomic mass is 32.2. The minimum absolute atomic E-state index is 0.207. The molecule has 0 aromatic heterocycles. The average Bonchev–Trinajstić information content (AvgIpc) is 3.26. The molecule has 0 unspecified atom stereocenters. The Kier molecular flexibility index (Phi) is 5.24. The van der Waals surface area contributed by atoms with E-state index in [0.717, 1.165) is 18.4 Å². The van der Waals surface area contributed by atoms with Crippen molar-refractivity contribution < 1.29 is 13.2 Å². The van der Waals surface area contributed by atoms with Crippen LogP contribution in [0.5, 0.6) is 5.75 Å². The van der Waals surface area contributed by atoms with Gasteiger partial charge in [0.15, 0.2) is 0 Å². The van der Waals surface area contributed by atoms with Gasteiger partial charge in [-0.1, -0.05) is 19.9 Å². The van der Waals surface area contributed by atoms with Crippen LogP contribution in [0.3, 0.4) is 0 Å². The molecule has 1 aliphatic carbocycles. The van der Waals surface area contributed by atoms with Crippen molar-refractivity contribution >= 4 is 10.0 Å². The van der Waals surface area contributed by atoms with Gasteiger partial charge in [0.1, 0.15) is 10.6 Å². The maximum absolute atomic E-state index is 12.3. The summed E-state index contributed by atoms with van der Waals surface area (Å²) in [4.78, 5) is 0.207. The van der Waals surface area contributed by atoms with Gasteiger partial charge in [-0.05, 0) is 36.5 Å². The molecule has 1 aromatic rings. The SMILES string of the molecule is COc1cc(CNC(C)C)ccc1S(=O)(=O)NCC1CC1. The standard InChI is InChI=1S/C15H24N2O3S/c1-11(2)16-9-13-6-7-15(14(8-13)20-3)21(18,19)17-10-12-4-5-12/h6-8,11-12,16-17H,4-5,9-10H2,1-3H3. The minimum atomic E-state index is -3.50. The van der Waals surface area contributed by atoms with Crippen LogP contribution in [-0.2, 0) is 16.6 Å². The van der Waals surface area contributed by atoms with Gasteiger partial charge in [-0.25, -0.2) is 13.1 Å². The van der Waals surface area contributed by atoms with E-state index < -0.39 is 10.0 Å². The van der Waals surface area contributed by atoms with Crippen molar-refractivity contribution in [2.75, 3.05) is 13.7 Å². The summed E-state index contributed by atoms with van der Waals surface area (Å²) < 4.78 is 32.5. The summed E-state index contributed by atoms with van der Waals surface area (Å²) in [5.74, 6) is 0.890. The van der Waals surface area contributed by atoms with Gasteiger partial charge in [0, 0.05) is 19.1 Å².